The molecule has 3 rings (SSSR count). The third kappa shape index (κ3) is 4.40. The number of ether oxygens (including phenoxy) is 1. The monoisotopic (exact) mass is 470 g/mol. The average Bonchev–Trinajstić information content (AvgIpc) is 2.97. The summed E-state index contributed by atoms with van der Waals surface area (Å²) in [5.41, 5.74) is 0.663. The number of esters is 1. The van der Waals surface area contributed by atoms with Gasteiger partial charge >= 0.3 is 12.0 Å². The summed E-state index contributed by atoms with van der Waals surface area (Å²) < 4.78 is 20.0. The predicted molar refractivity (Wildman–Crippen MR) is 108 cm³/mol. The van der Waals surface area contributed by atoms with Crippen LogP contribution in [0.15, 0.2) is 40.9 Å². The molecule has 0 atom stereocenters. The molecule has 0 fully saturated rings. The Morgan fingerprint density at radius 3 is 2.74 bits per heavy atom. The van der Waals surface area contributed by atoms with Crippen molar-refractivity contribution in [2.24, 2.45) is 0 Å². The van der Waals surface area contributed by atoms with E-state index < -0.39 is 17.8 Å². The molecular weight excluding hydrogens is 459 g/mol. The number of thiophene rings is 1. The van der Waals surface area contributed by atoms with Crippen molar-refractivity contribution >= 4 is 66.6 Å². The van der Waals surface area contributed by atoms with Crippen molar-refractivity contribution in [3.05, 3.63) is 62.2 Å². The maximum absolute atomic E-state index is 13.9. The van der Waals surface area contributed by atoms with Crippen molar-refractivity contribution < 1.29 is 18.7 Å². The number of methoxy groups -OCH3 is 1. The highest BCUT2D eigenvalue weighted by Crippen LogP contribution is 2.37. The fraction of sp³-hybridized carbons (Fsp3) is 0.111. The number of halogens is 3. The van der Waals surface area contributed by atoms with E-state index >= 15 is 0 Å². The van der Waals surface area contributed by atoms with E-state index in [0.717, 1.165) is 16.0 Å². The molecule has 2 amide bonds. The van der Waals surface area contributed by atoms with E-state index in [1.165, 1.54) is 13.2 Å². The number of fused-ring (bicyclic) bond motifs is 1. The molecule has 2 aromatic carbocycles. The van der Waals surface area contributed by atoms with Gasteiger partial charge in [-0.25, -0.2) is 14.0 Å². The molecule has 1 heterocycles. The van der Waals surface area contributed by atoms with Gasteiger partial charge in [-0.2, -0.15) is 0 Å². The number of rotatable bonds is 4. The molecule has 5 nitrogen and oxygen atoms in total. The number of urea groups is 1. The topological polar surface area (TPSA) is 67.4 Å². The van der Waals surface area contributed by atoms with Gasteiger partial charge in [0.15, 0.2) is 0 Å². The zero-order chi connectivity index (χ0) is 19.6. The molecule has 0 aliphatic heterocycles. The van der Waals surface area contributed by atoms with Crippen LogP contribution in [0.1, 0.15) is 15.2 Å². The summed E-state index contributed by atoms with van der Waals surface area (Å²) in [6.07, 6.45) is 0. The molecule has 2 N–H and O–H groups in total. The maximum atomic E-state index is 13.9. The van der Waals surface area contributed by atoms with Gasteiger partial charge in [-0.15, -0.1) is 11.3 Å². The zero-order valence-corrected chi connectivity index (χ0v) is 17.1. The van der Waals surface area contributed by atoms with E-state index in [9.17, 15) is 14.0 Å². The van der Waals surface area contributed by atoms with E-state index in [2.05, 4.69) is 26.6 Å². The largest absolute Gasteiger partial charge is 0.465 e. The fourth-order valence-electron chi connectivity index (χ4n) is 2.43. The lowest BCUT2D eigenvalue weighted by Crippen LogP contribution is -2.29. The second-order valence-electron chi connectivity index (χ2n) is 5.48. The predicted octanol–water partition coefficient (Wildman–Crippen LogP) is 5.56. The van der Waals surface area contributed by atoms with Gasteiger partial charge in [0.2, 0.25) is 0 Å². The lowest BCUT2D eigenvalue weighted by atomic mass is 10.2. The molecule has 0 saturated heterocycles. The Labute approximate surface area is 171 Å². The number of anilines is 1. The molecule has 0 spiro atoms. The maximum Gasteiger partial charge on any atom is 0.350 e. The molecule has 3 aromatic rings. The number of nitrogens with one attached hydrogen (secondary N) is 2. The van der Waals surface area contributed by atoms with Gasteiger partial charge < -0.3 is 15.4 Å². The molecule has 0 saturated carbocycles. The number of amides is 2. The van der Waals surface area contributed by atoms with Crippen LogP contribution in [0.4, 0.5) is 14.9 Å². The Morgan fingerprint density at radius 2 is 2.04 bits per heavy atom. The van der Waals surface area contributed by atoms with Crippen LogP contribution < -0.4 is 10.6 Å². The molecule has 1 aromatic heterocycles. The van der Waals surface area contributed by atoms with Crippen LogP contribution in [-0.4, -0.2) is 19.1 Å². The Hall–Kier alpha value is -2.16. The normalized spacial score (nSPS) is 10.7. The van der Waals surface area contributed by atoms with Crippen LogP contribution in [0.5, 0.6) is 0 Å². The van der Waals surface area contributed by atoms with Gasteiger partial charge in [0, 0.05) is 31.7 Å². The minimum absolute atomic E-state index is 0.00754. The summed E-state index contributed by atoms with van der Waals surface area (Å²) in [6, 6.07) is 9.08. The second kappa shape index (κ2) is 8.24. The summed E-state index contributed by atoms with van der Waals surface area (Å²) in [7, 11) is 1.26. The molecule has 0 bridgehead atoms. The van der Waals surface area contributed by atoms with Gasteiger partial charge in [-0.3, -0.25) is 0 Å². The highest BCUT2D eigenvalue weighted by molar-refractivity contribution is 9.10. The number of carbonyl (C=O) groups excluding carboxylic acids is 2. The van der Waals surface area contributed by atoms with Crippen LogP contribution in [0.2, 0.25) is 5.02 Å². The van der Waals surface area contributed by atoms with E-state index in [1.807, 2.05) is 0 Å². The third-order valence-electron chi connectivity index (χ3n) is 3.72. The van der Waals surface area contributed by atoms with Gasteiger partial charge in [-0.05, 0) is 30.3 Å². The Morgan fingerprint density at radius 1 is 1.26 bits per heavy atom. The summed E-state index contributed by atoms with van der Waals surface area (Å²) in [5, 5.41) is 6.41. The van der Waals surface area contributed by atoms with Gasteiger partial charge in [-0.1, -0.05) is 33.6 Å². The molecule has 9 heteroatoms. The van der Waals surface area contributed by atoms with Gasteiger partial charge in [0.1, 0.15) is 10.7 Å². The van der Waals surface area contributed by atoms with Crippen LogP contribution in [0.25, 0.3) is 10.1 Å². The third-order valence-corrected chi connectivity index (χ3v) is 5.58. The summed E-state index contributed by atoms with van der Waals surface area (Å²) in [4.78, 5) is 24.6. The number of hydrogen-bond donors (Lipinski definition) is 2. The summed E-state index contributed by atoms with van der Waals surface area (Å²) in [5.74, 6) is -1.00. The first-order valence-electron chi connectivity index (χ1n) is 7.68. The zero-order valence-electron chi connectivity index (χ0n) is 13.9. The van der Waals surface area contributed by atoms with Crippen LogP contribution in [0, 0.1) is 5.82 Å². The average molecular weight is 472 g/mol. The number of carbonyl (C=O) groups is 2. The summed E-state index contributed by atoms with van der Waals surface area (Å²) in [6.45, 7) is -0.00754. The van der Waals surface area contributed by atoms with E-state index in [0.29, 0.717) is 26.1 Å². The molecule has 27 heavy (non-hydrogen) atoms. The van der Waals surface area contributed by atoms with Crippen LogP contribution in [0.3, 0.4) is 0 Å². The molecule has 0 aliphatic rings. The van der Waals surface area contributed by atoms with Gasteiger partial charge in [0.05, 0.1) is 12.8 Å². The standard InChI is InChI=1S/C18H13BrClFN2O3S/c1-26-17(24)16-15(12-5-4-11(20)7-14(12)27-16)23-18(25)22-8-9-2-3-10(19)6-13(9)21/h2-7H,8H2,1H3,(H2,22,23,25). The molecule has 0 unspecified atom stereocenters. The lowest BCUT2D eigenvalue weighted by Gasteiger charge is -2.09. The fourth-order valence-corrected chi connectivity index (χ4v) is 4.11. The SMILES string of the molecule is COC(=O)c1sc2cc(Cl)ccc2c1NC(=O)NCc1ccc(Br)cc1F. The van der Waals surface area contributed by atoms with Gasteiger partial charge in [0.25, 0.3) is 0 Å². The minimum Gasteiger partial charge on any atom is -0.465 e. The number of benzene rings is 2. The minimum atomic E-state index is -0.572. The molecule has 0 aliphatic carbocycles. The van der Waals surface area contributed by atoms with E-state index in [4.69, 9.17) is 16.3 Å². The Kier molecular flexibility index (Phi) is 5.98. The van der Waals surface area contributed by atoms with Crippen LogP contribution >= 0.6 is 38.9 Å². The summed E-state index contributed by atoms with van der Waals surface area (Å²) >= 11 is 10.3. The highest BCUT2D eigenvalue weighted by atomic mass is 79.9. The van der Waals surface area contributed by atoms with Crippen LogP contribution in [-0.2, 0) is 11.3 Å². The Bertz CT molecular complexity index is 1040. The van der Waals surface area contributed by atoms with E-state index in [1.54, 1.807) is 30.3 Å². The van der Waals surface area contributed by atoms with Crippen molar-refractivity contribution in [1.29, 1.82) is 0 Å². The van der Waals surface area contributed by atoms with Crippen molar-refractivity contribution in [3.8, 4) is 0 Å². The lowest BCUT2D eigenvalue weighted by molar-refractivity contribution is 0.0607. The quantitative estimate of drug-likeness (QED) is 0.489. The van der Waals surface area contributed by atoms with E-state index in [-0.39, 0.29) is 11.4 Å². The van der Waals surface area contributed by atoms with Crippen molar-refractivity contribution in [1.82, 2.24) is 5.32 Å². The smallest absolute Gasteiger partial charge is 0.350 e. The second-order valence-corrected chi connectivity index (χ2v) is 7.89. The van der Waals surface area contributed by atoms with Crippen molar-refractivity contribution in [2.75, 3.05) is 12.4 Å². The number of hydrogen-bond acceptors (Lipinski definition) is 4. The van der Waals surface area contributed by atoms with Crippen molar-refractivity contribution in [3.63, 3.8) is 0 Å². The van der Waals surface area contributed by atoms with Crippen molar-refractivity contribution in [2.45, 2.75) is 6.54 Å². The molecular formula is C18H13BrClFN2O3S. The molecule has 0 radical (unpaired) electrons. The molecule has 140 valence electrons. The Balaban J connectivity index is 1.82. The first-order chi connectivity index (χ1) is 12.9. The highest BCUT2D eigenvalue weighted by Gasteiger charge is 2.21. The first-order valence-corrected chi connectivity index (χ1v) is 9.67. The first kappa shape index (κ1) is 19.6.